The van der Waals surface area contributed by atoms with Gasteiger partial charge in [-0.25, -0.2) is 14.6 Å². The van der Waals surface area contributed by atoms with E-state index < -0.39 is 0 Å². The highest BCUT2D eigenvalue weighted by Gasteiger charge is 2.11. The Morgan fingerprint density at radius 3 is 2.84 bits per heavy atom. The highest BCUT2D eigenvalue weighted by atomic mass is 16.5. The third kappa shape index (κ3) is 4.37. The summed E-state index contributed by atoms with van der Waals surface area (Å²) >= 11 is 0. The van der Waals surface area contributed by atoms with Crippen LogP contribution in [0, 0.1) is 0 Å². The van der Waals surface area contributed by atoms with Crippen molar-refractivity contribution in [3.8, 4) is 5.75 Å². The van der Waals surface area contributed by atoms with Gasteiger partial charge in [0.05, 0.1) is 36.3 Å². The Morgan fingerprint density at radius 2 is 1.91 bits per heavy atom. The number of rotatable bonds is 8. The van der Waals surface area contributed by atoms with Crippen LogP contribution in [0.4, 0.5) is 0 Å². The molecular weight excluding hydrogens is 406 g/mol. The average Bonchev–Trinajstić information content (AvgIpc) is 3.21. The zero-order valence-corrected chi connectivity index (χ0v) is 17.5. The first-order valence-electron chi connectivity index (χ1n) is 10.2. The summed E-state index contributed by atoms with van der Waals surface area (Å²) in [5.74, 6) is 0.749. The van der Waals surface area contributed by atoms with Crippen LogP contribution in [0.25, 0.3) is 22.2 Å². The van der Waals surface area contributed by atoms with Gasteiger partial charge in [0.15, 0.2) is 5.65 Å². The van der Waals surface area contributed by atoms with Gasteiger partial charge in [0.2, 0.25) is 5.65 Å². The maximum Gasteiger partial charge on any atom is 0.221 e. The number of fused-ring (bicyclic) bond motifs is 2. The molecule has 0 aliphatic rings. The number of methoxy groups -OCH3 is 1. The Kier molecular flexibility index (Phi) is 5.63. The third-order valence-corrected chi connectivity index (χ3v) is 4.98. The van der Waals surface area contributed by atoms with Gasteiger partial charge in [-0.2, -0.15) is 0 Å². The molecule has 9 heteroatoms. The number of hydrogen-bond donors (Lipinski definition) is 0. The van der Waals surface area contributed by atoms with Gasteiger partial charge in [0.1, 0.15) is 12.4 Å². The molecule has 4 aromatic heterocycles. The predicted molar refractivity (Wildman–Crippen MR) is 118 cm³/mol. The van der Waals surface area contributed by atoms with Gasteiger partial charge in [-0.3, -0.25) is 9.97 Å². The van der Waals surface area contributed by atoms with Gasteiger partial charge >= 0.3 is 0 Å². The molecule has 9 nitrogen and oxygen atoms in total. The molecule has 32 heavy (non-hydrogen) atoms. The molecular formula is C23H21N7O2. The lowest BCUT2D eigenvalue weighted by Crippen LogP contribution is -2.06. The number of ether oxygens (including phenoxy) is 2. The number of aromatic nitrogens is 7. The SMILES string of the molecule is COCCOc1ccnc(Cc2cnc3nnn(Cc4ccc5ncccc5c4)c3n2)c1. The molecule has 5 rings (SSSR count). The van der Waals surface area contributed by atoms with Crippen molar-refractivity contribution in [3.63, 3.8) is 0 Å². The molecule has 0 radical (unpaired) electrons. The summed E-state index contributed by atoms with van der Waals surface area (Å²) in [6.45, 7) is 1.56. The molecule has 0 amide bonds. The molecule has 0 N–H and O–H groups in total. The van der Waals surface area contributed by atoms with Crippen molar-refractivity contribution in [1.82, 2.24) is 34.9 Å². The van der Waals surface area contributed by atoms with Gasteiger partial charge in [-0.1, -0.05) is 17.3 Å². The monoisotopic (exact) mass is 427 g/mol. The summed E-state index contributed by atoms with van der Waals surface area (Å²) < 4.78 is 12.5. The fraction of sp³-hybridized carbons (Fsp3) is 0.217. The summed E-state index contributed by atoms with van der Waals surface area (Å²) in [5.41, 5.74) is 4.83. The second-order valence-corrected chi connectivity index (χ2v) is 7.29. The van der Waals surface area contributed by atoms with E-state index in [2.05, 4.69) is 31.3 Å². The fourth-order valence-corrected chi connectivity index (χ4v) is 3.45. The molecule has 1 aromatic carbocycles. The molecule has 0 spiro atoms. The number of pyridine rings is 2. The highest BCUT2D eigenvalue weighted by Crippen LogP contribution is 2.17. The Hall–Kier alpha value is -3.98. The van der Waals surface area contributed by atoms with Crippen LogP contribution in [-0.4, -0.2) is 55.3 Å². The van der Waals surface area contributed by atoms with Gasteiger partial charge < -0.3 is 9.47 Å². The molecule has 0 saturated heterocycles. The van der Waals surface area contributed by atoms with E-state index in [0.29, 0.717) is 37.5 Å². The van der Waals surface area contributed by atoms with E-state index in [1.807, 2.05) is 36.4 Å². The van der Waals surface area contributed by atoms with Crippen LogP contribution in [0.1, 0.15) is 17.0 Å². The van der Waals surface area contributed by atoms with Crippen LogP contribution < -0.4 is 4.74 Å². The van der Waals surface area contributed by atoms with Gasteiger partial charge in [-0.05, 0) is 29.8 Å². The summed E-state index contributed by atoms with van der Waals surface area (Å²) in [5, 5.41) is 9.50. The molecule has 0 aliphatic heterocycles. The first-order chi connectivity index (χ1) is 15.8. The van der Waals surface area contributed by atoms with E-state index in [0.717, 1.165) is 33.6 Å². The minimum atomic E-state index is 0.488. The summed E-state index contributed by atoms with van der Waals surface area (Å²) in [6.07, 6.45) is 5.75. The lowest BCUT2D eigenvalue weighted by atomic mass is 10.1. The quantitative estimate of drug-likeness (QED) is 0.349. The fourth-order valence-electron chi connectivity index (χ4n) is 3.45. The predicted octanol–water partition coefficient (Wildman–Crippen LogP) is 2.83. The Balaban J connectivity index is 1.37. The van der Waals surface area contributed by atoms with Crippen molar-refractivity contribution in [2.45, 2.75) is 13.0 Å². The van der Waals surface area contributed by atoms with Crippen molar-refractivity contribution in [3.05, 3.63) is 78.0 Å². The van der Waals surface area contributed by atoms with Crippen molar-refractivity contribution in [1.29, 1.82) is 0 Å². The lowest BCUT2D eigenvalue weighted by molar-refractivity contribution is 0.146. The van der Waals surface area contributed by atoms with Gasteiger partial charge in [0.25, 0.3) is 0 Å². The van der Waals surface area contributed by atoms with E-state index in [4.69, 9.17) is 14.5 Å². The summed E-state index contributed by atoms with van der Waals surface area (Å²) in [6, 6.07) is 13.9. The van der Waals surface area contributed by atoms with Gasteiger partial charge in [0, 0.05) is 37.4 Å². The Bertz CT molecular complexity index is 1370. The molecule has 0 saturated carbocycles. The summed E-state index contributed by atoms with van der Waals surface area (Å²) in [7, 11) is 1.65. The Morgan fingerprint density at radius 1 is 0.938 bits per heavy atom. The second-order valence-electron chi connectivity index (χ2n) is 7.29. The maximum atomic E-state index is 5.67. The number of benzene rings is 1. The summed E-state index contributed by atoms with van der Waals surface area (Å²) in [4.78, 5) is 18.0. The van der Waals surface area contributed by atoms with Gasteiger partial charge in [-0.15, -0.1) is 5.10 Å². The molecule has 0 bridgehead atoms. The topological polar surface area (TPSA) is 101 Å². The van der Waals surface area contributed by atoms with Crippen molar-refractivity contribution >= 4 is 22.2 Å². The molecule has 0 unspecified atom stereocenters. The number of hydrogen-bond acceptors (Lipinski definition) is 8. The van der Waals surface area contributed by atoms with Crippen molar-refractivity contribution in [2.75, 3.05) is 20.3 Å². The average molecular weight is 427 g/mol. The van der Waals surface area contributed by atoms with E-state index in [1.54, 1.807) is 30.4 Å². The normalized spacial score (nSPS) is 11.3. The first-order valence-corrected chi connectivity index (χ1v) is 10.2. The van der Waals surface area contributed by atoms with E-state index >= 15 is 0 Å². The van der Waals surface area contributed by atoms with Crippen LogP contribution in [0.3, 0.4) is 0 Å². The largest absolute Gasteiger partial charge is 0.491 e. The Labute approximate surface area is 184 Å². The van der Waals surface area contributed by atoms with E-state index in [-0.39, 0.29) is 0 Å². The maximum absolute atomic E-state index is 5.67. The molecule has 160 valence electrons. The van der Waals surface area contributed by atoms with Crippen LogP contribution in [0.15, 0.2) is 61.1 Å². The van der Waals surface area contributed by atoms with E-state index in [1.165, 1.54) is 0 Å². The van der Waals surface area contributed by atoms with Crippen LogP contribution in [0.5, 0.6) is 5.75 Å². The lowest BCUT2D eigenvalue weighted by Gasteiger charge is -2.07. The number of nitrogens with zero attached hydrogens (tertiary/aromatic N) is 7. The minimum absolute atomic E-state index is 0.488. The molecule has 5 aromatic rings. The minimum Gasteiger partial charge on any atom is -0.491 e. The zero-order chi connectivity index (χ0) is 21.8. The van der Waals surface area contributed by atoms with Crippen LogP contribution in [0.2, 0.25) is 0 Å². The smallest absolute Gasteiger partial charge is 0.221 e. The molecule has 0 aliphatic carbocycles. The standard InChI is InChI=1S/C23H21N7O2/c1-31-9-10-32-20-6-8-24-18(13-20)12-19-14-26-22-23(27-19)30(29-28-22)15-16-4-5-21-17(11-16)3-2-7-25-21/h2-8,11,13-14H,9-10,12,15H2,1H3. The molecule has 0 atom stereocenters. The zero-order valence-electron chi connectivity index (χ0n) is 17.5. The van der Waals surface area contributed by atoms with Crippen LogP contribution >= 0.6 is 0 Å². The highest BCUT2D eigenvalue weighted by molar-refractivity contribution is 5.79. The second kappa shape index (κ2) is 9.03. The third-order valence-electron chi connectivity index (χ3n) is 4.98. The van der Waals surface area contributed by atoms with Crippen LogP contribution in [-0.2, 0) is 17.7 Å². The first kappa shape index (κ1) is 20.0. The molecule has 0 fully saturated rings. The molecule has 4 heterocycles. The van der Waals surface area contributed by atoms with Crippen molar-refractivity contribution in [2.24, 2.45) is 0 Å². The van der Waals surface area contributed by atoms with E-state index in [9.17, 15) is 0 Å². The van der Waals surface area contributed by atoms with Crippen molar-refractivity contribution < 1.29 is 9.47 Å².